The van der Waals surface area contributed by atoms with E-state index >= 15 is 0 Å². The Morgan fingerprint density at radius 2 is 1.76 bits per heavy atom. The molecule has 1 nitrogen and oxygen atoms in total. The third kappa shape index (κ3) is 3.42. The minimum Gasteiger partial charge on any atom is -0.264 e. The molecule has 2 rings (SSSR count). The van der Waals surface area contributed by atoms with E-state index in [-0.39, 0.29) is 0 Å². The first-order chi connectivity index (χ1) is 8.04. The maximum Gasteiger partial charge on any atom is 0.0346 e. The van der Waals surface area contributed by atoms with Gasteiger partial charge in [0.1, 0.15) is 0 Å². The van der Waals surface area contributed by atoms with E-state index in [0.29, 0.717) is 5.41 Å². The predicted molar refractivity (Wildman–Crippen MR) is 72.8 cm³/mol. The Bertz CT molecular complexity index is 480. The molecule has 0 bridgehead atoms. The molecule has 0 atom stereocenters. The van der Waals surface area contributed by atoms with E-state index in [1.165, 1.54) is 16.7 Å². The number of hydrogen-bond acceptors (Lipinski definition) is 1. The van der Waals surface area contributed by atoms with Crippen LogP contribution >= 0.6 is 0 Å². The van der Waals surface area contributed by atoms with Gasteiger partial charge in [-0.2, -0.15) is 0 Å². The molecule has 0 aliphatic rings. The molecule has 1 heterocycles. The summed E-state index contributed by atoms with van der Waals surface area (Å²) >= 11 is 0. The van der Waals surface area contributed by atoms with Crippen molar-refractivity contribution in [2.45, 2.75) is 27.2 Å². The fraction of sp³-hybridized carbons (Fsp3) is 0.312. The van der Waals surface area contributed by atoms with Crippen molar-refractivity contribution < 1.29 is 0 Å². The van der Waals surface area contributed by atoms with Crippen molar-refractivity contribution in [2.24, 2.45) is 5.41 Å². The maximum atomic E-state index is 4.17. The van der Waals surface area contributed by atoms with Gasteiger partial charge in [-0.15, -0.1) is 0 Å². The molecule has 0 aliphatic carbocycles. The van der Waals surface area contributed by atoms with E-state index < -0.39 is 0 Å². The number of nitrogens with zero attached hydrogens (tertiary/aromatic N) is 1. The van der Waals surface area contributed by atoms with Crippen LogP contribution in [0, 0.1) is 5.41 Å². The topological polar surface area (TPSA) is 12.9 Å². The van der Waals surface area contributed by atoms with Crippen molar-refractivity contribution in [3.8, 4) is 11.1 Å². The molecule has 17 heavy (non-hydrogen) atoms. The number of pyridine rings is 1. The first-order valence-corrected chi connectivity index (χ1v) is 6.04. The highest BCUT2D eigenvalue weighted by Crippen LogP contribution is 2.24. The molecule has 0 fully saturated rings. The van der Waals surface area contributed by atoms with Gasteiger partial charge in [0.05, 0.1) is 0 Å². The van der Waals surface area contributed by atoms with Crippen molar-refractivity contribution in [3.63, 3.8) is 0 Å². The highest BCUT2D eigenvalue weighted by atomic mass is 14.6. The van der Waals surface area contributed by atoms with Gasteiger partial charge >= 0.3 is 0 Å². The zero-order valence-electron chi connectivity index (χ0n) is 10.8. The van der Waals surface area contributed by atoms with Crippen LogP contribution in [0.25, 0.3) is 11.1 Å². The van der Waals surface area contributed by atoms with E-state index in [9.17, 15) is 0 Å². The Balaban J connectivity index is 2.29. The summed E-state index contributed by atoms with van der Waals surface area (Å²) in [5.41, 5.74) is 4.15. The van der Waals surface area contributed by atoms with Crippen LogP contribution in [0.1, 0.15) is 26.3 Å². The van der Waals surface area contributed by atoms with Crippen molar-refractivity contribution in [1.82, 2.24) is 4.98 Å². The van der Waals surface area contributed by atoms with Gasteiger partial charge in [0.15, 0.2) is 0 Å². The van der Waals surface area contributed by atoms with E-state index in [0.717, 1.165) is 6.42 Å². The molecular formula is C16H19N. The van der Waals surface area contributed by atoms with E-state index in [1.807, 2.05) is 18.5 Å². The highest BCUT2D eigenvalue weighted by molar-refractivity contribution is 5.62. The van der Waals surface area contributed by atoms with Crippen LogP contribution in [0.3, 0.4) is 0 Å². The quantitative estimate of drug-likeness (QED) is 0.741. The fourth-order valence-corrected chi connectivity index (χ4v) is 2.01. The Morgan fingerprint density at radius 1 is 1.00 bits per heavy atom. The van der Waals surface area contributed by atoms with Crippen molar-refractivity contribution >= 4 is 0 Å². The standard InChI is InChI=1S/C16H19N/c1-16(2,3)11-13-6-4-7-14(10-13)15-8-5-9-17-12-15/h4-10,12H,11H2,1-3H3. The van der Waals surface area contributed by atoms with Gasteiger partial charge in [0.2, 0.25) is 0 Å². The SMILES string of the molecule is CC(C)(C)Cc1cccc(-c2cccnc2)c1. The monoisotopic (exact) mass is 225 g/mol. The van der Waals surface area contributed by atoms with E-state index in [2.05, 4.69) is 56.1 Å². The van der Waals surface area contributed by atoms with Crippen LogP contribution in [0.4, 0.5) is 0 Å². The highest BCUT2D eigenvalue weighted by Gasteiger charge is 2.11. The number of rotatable bonds is 2. The van der Waals surface area contributed by atoms with Gasteiger partial charge in [-0.05, 0) is 34.6 Å². The number of benzene rings is 1. The number of aromatic nitrogens is 1. The van der Waals surface area contributed by atoms with Crippen LogP contribution < -0.4 is 0 Å². The van der Waals surface area contributed by atoms with Gasteiger partial charge in [0, 0.05) is 12.4 Å². The molecule has 0 saturated carbocycles. The summed E-state index contributed by atoms with van der Waals surface area (Å²) in [4.78, 5) is 4.17. The minimum absolute atomic E-state index is 0.327. The molecule has 0 saturated heterocycles. The summed E-state index contributed by atoms with van der Waals surface area (Å²) in [6, 6.07) is 12.8. The van der Waals surface area contributed by atoms with Gasteiger partial charge < -0.3 is 0 Å². The summed E-state index contributed by atoms with van der Waals surface area (Å²) < 4.78 is 0. The van der Waals surface area contributed by atoms with Crippen LogP contribution in [-0.2, 0) is 6.42 Å². The van der Waals surface area contributed by atoms with Gasteiger partial charge in [-0.25, -0.2) is 0 Å². The number of hydrogen-bond donors (Lipinski definition) is 0. The zero-order chi connectivity index (χ0) is 12.3. The lowest BCUT2D eigenvalue weighted by atomic mass is 9.87. The lowest BCUT2D eigenvalue weighted by Crippen LogP contribution is -2.08. The fourth-order valence-electron chi connectivity index (χ4n) is 2.01. The average molecular weight is 225 g/mol. The Kier molecular flexibility index (Phi) is 3.28. The summed E-state index contributed by atoms with van der Waals surface area (Å²) in [6.07, 6.45) is 4.82. The smallest absolute Gasteiger partial charge is 0.0346 e. The van der Waals surface area contributed by atoms with Crippen LogP contribution in [-0.4, -0.2) is 4.98 Å². The largest absolute Gasteiger partial charge is 0.264 e. The normalized spacial score (nSPS) is 11.5. The molecule has 1 aromatic carbocycles. The molecule has 2 aromatic rings. The minimum atomic E-state index is 0.327. The summed E-state index contributed by atoms with van der Waals surface area (Å²) in [6.45, 7) is 6.80. The van der Waals surface area contributed by atoms with Crippen molar-refractivity contribution in [3.05, 3.63) is 54.4 Å². The van der Waals surface area contributed by atoms with Gasteiger partial charge in [-0.1, -0.05) is 51.1 Å². The first kappa shape index (κ1) is 11.8. The third-order valence-electron chi connectivity index (χ3n) is 2.66. The van der Waals surface area contributed by atoms with E-state index in [1.54, 1.807) is 0 Å². The summed E-state index contributed by atoms with van der Waals surface area (Å²) in [5.74, 6) is 0. The molecule has 0 aliphatic heterocycles. The van der Waals surface area contributed by atoms with Crippen LogP contribution in [0.5, 0.6) is 0 Å². The Hall–Kier alpha value is -1.63. The van der Waals surface area contributed by atoms with Crippen LogP contribution in [0.15, 0.2) is 48.8 Å². The second-order valence-electron chi connectivity index (χ2n) is 5.68. The zero-order valence-corrected chi connectivity index (χ0v) is 10.8. The lowest BCUT2D eigenvalue weighted by molar-refractivity contribution is 0.411. The average Bonchev–Trinajstić information content (AvgIpc) is 2.28. The predicted octanol–water partition coefficient (Wildman–Crippen LogP) is 4.34. The Labute approximate surface area is 104 Å². The molecule has 0 spiro atoms. The molecule has 0 N–H and O–H groups in total. The second kappa shape index (κ2) is 4.70. The van der Waals surface area contributed by atoms with Crippen molar-refractivity contribution in [2.75, 3.05) is 0 Å². The van der Waals surface area contributed by atoms with Crippen molar-refractivity contribution in [1.29, 1.82) is 0 Å². The second-order valence-corrected chi connectivity index (χ2v) is 5.68. The molecule has 1 heteroatoms. The molecule has 88 valence electrons. The summed E-state index contributed by atoms with van der Waals surface area (Å²) in [5, 5.41) is 0. The van der Waals surface area contributed by atoms with Gasteiger partial charge in [-0.3, -0.25) is 4.98 Å². The Morgan fingerprint density at radius 3 is 2.41 bits per heavy atom. The molecule has 0 unspecified atom stereocenters. The lowest BCUT2D eigenvalue weighted by Gasteiger charge is -2.18. The van der Waals surface area contributed by atoms with Gasteiger partial charge in [0.25, 0.3) is 0 Å². The molecule has 0 amide bonds. The first-order valence-electron chi connectivity index (χ1n) is 6.04. The summed E-state index contributed by atoms with van der Waals surface area (Å²) in [7, 11) is 0. The maximum absolute atomic E-state index is 4.17. The molecular weight excluding hydrogens is 206 g/mol. The molecule has 1 aromatic heterocycles. The van der Waals surface area contributed by atoms with Crippen LogP contribution in [0.2, 0.25) is 0 Å². The third-order valence-corrected chi connectivity index (χ3v) is 2.66. The molecule has 0 radical (unpaired) electrons. The van der Waals surface area contributed by atoms with E-state index in [4.69, 9.17) is 0 Å².